The maximum atomic E-state index is 12.0. The minimum absolute atomic E-state index is 0.368. The molecule has 0 saturated heterocycles. The molecule has 0 amide bonds. The maximum Gasteiger partial charge on any atom is 0.422 e. The average molecular weight is 314 g/mol. The van der Waals surface area contributed by atoms with Crippen molar-refractivity contribution < 1.29 is 22.8 Å². The summed E-state index contributed by atoms with van der Waals surface area (Å²) in [6, 6.07) is 3.76. The number of benzene rings is 1. The van der Waals surface area contributed by atoms with E-state index in [1.165, 1.54) is 12.1 Å². The summed E-state index contributed by atoms with van der Waals surface area (Å²) in [6.07, 6.45) is -4.53. The van der Waals surface area contributed by atoms with Crippen LogP contribution < -0.4 is 4.74 Å². The standard InChI is InChI=1S/C9H7BrF3NO3/c10-4-6-1-2-7(14(15)16)8(3-6)17-5-9(11,12)13/h1-3H,4-5H2. The van der Waals surface area contributed by atoms with E-state index < -0.39 is 23.4 Å². The van der Waals surface area contributed by atoms with Crippen molar-refractivity contribution in [3.63, 3.8) is 0 Å². The van der Waals surface area contributed by atoms with Crippen LogP contribution in [0.5, 0.6) is 5.75 Å². The molecule has 94 valence electrons. The van der Waals surface area contributed by atoms with E-state index in [2.05, 4.69) is 20.7 Å². The van der Waals surface area contributed by atoms with E-state index in [1.54, 1.807) is 0 Å². The molecule has 0 bridgehead atoms. The number of ether oxygens (including phenoxy) is 1. The highest BCUT2D eigenvalue weighted by Gasteiger charge is 2.30. The third kappa shape index (κ3) is 4.22. The van der Waals surface area contributed by atoms with Gasteiger partial charge in [0.2, 0.25) is 0 Å². The first-order valence-corrected chi connectivity index (χ1v) is 5.48. The van der Waals surface area contributed by atoms with Crippen molar-refractivity contribution in [1.29, 1.82) is 0 Å². The number of alkyl halides is 4. The van der Waals surface area contributed by atoms with Crippen molar-refractivity contribution in [2.24, 2.45) is 0 Å². The molecule has 0 unspecified atom stereocenters. The van der Waals surface area contributed by atoms with E-state index in [1.807, 2.05) is 0 Å². The van der Waals surface area contributed by atoms with Crippen molar-refractivity contribution in [3.8, 4) is 5.75 Å². The molecule has 8 heteroatoms. The van der Waals surface area contributed by atoms with Gasteiger partial charge in [0.25, 0.3) is 0 Å². The molecule has 1 aromatic carbocycles. The van der Waals surface area contributed by atoms with Crippen LogP contribution in [0.2, 0.25) is 0 Å². The zero-order valence-electron chi connectivity index (χ0n) is 8.33. The molecule has 0 spiro atoms. The Hall–Kier alpha value is -1.31. The van der Waals surface area contributed by atoms with Crippen LogP contribution in [-0.4, -0.2) is 17.7 Å². The second kappa shape index (κ2) is 5.35. The lowest BCUT2D eigenvalue weighted by Crippen LogP contribution is -2.19. The first-order valence-electron chi connectivity index (χ1n) is 4.36. The Morgan fingerprint density at radius 1 is 1.41 bits per heavy atom. The Morgan fingerprint density at radius 2 is 2.06 bits per heavy atom. The monoisotopic (exact) mass is 313 g/mol. The molecular formula is C9H7BrF3NO3. The van der Waals surface area contributed by atoms with Gasteiger partial charge < -0.3 is 4.74 Å². The summed E-state index contributed by atoms with van der Waals surface area (Å²) in [5.74, 6) is -0.385. The molecule has 17 heavy (non-hydrogen) atoms. The zero-order chi connectivity index (χ0) is 13.1. The fraction of sp³-hybridized carbons (Fsp3) is 0.333. The Morgan fingerprint density at radius 3 is 2.53 bits per heavy atom. The quantitative estimate of drug-likeness (QED) is 0.486. The fourth-order valence-electron chi connectivity index (χ4n) is 1.07. The molecule has 0 heterocycles. The second-order valence-corrected chi connectivity index (χ2v) is 3.66. The minimum Gasteiger partial charge on any atom is -0.477 e. The van der Waals surface area contributed by atoms with Crippen LogP contribution in [0, 0.1) is 10.1 Å². The number of rotatable bonds is 4. The molecule has 0 radical (unpaired) electrons. The largest absolute Gasteiger partial charge is 0.477 e. The molecule has 1 aromatic rings. The van der Waals surface area contributed by atoms with Crippen LogP contribution in [-0.2, 0) is 5.33 Å². The summed E-state index contributed by atoms with van der Waals surface area (Å²) in [7, 11) is 0. The summed E-state index contributed by atoms with van der Waals surface area (Å²) in [6.45, 7) is -1.56. The van der Waals surface area contributed by atoms with Crippen molar-refractivity contribution in [3.05, 3.63) is 33.9 Å². The second-order valence-electron chi connectivity index (χ2n) is 3.10. The van der Waals surface area contributed by atoms with E-state index in [9.17, 15) is 23.3 Å². The first kappa shape index (κ1) is 13.8. The minimum atomic E-state index is -4.53. The van der Waals surface area contributed by atoms with Gasteiger partial charge in [-0.15, -0.1) is 0 Å². The molecule has 0 saturated carbocycles. The van der Waals surface area contributed by atoms with Crippen LogP contribution >= 0.6 is 15.9 Å². The van der Waals surface area contributed by atoms with Gasteiger partial charge in [-0.05, 0) is 11.6 Å². The molecule has 0 aromatic heterocycles. The highest BCUT2D eigenvalue weighted by Crippen LogP contribution is 2.30. The van der Waals surface area contributed by atoms with Crippen LogP contribution in [0.3, 0.4) is 0 Å². The number of nitro groups is 1. The van der Waals surface area contributed by atoms with Crippen molar-refractivity contribution in [1.82, 2.24) is 0 Å². The van der Waals surface area contributed by atoms with Crippen molar-refractivity contribution in [2.75, 3.05) is 6.61 Å². The van der Waals surface area contributed by atoms with Crippen LogP contribution in [0.1, 0.15) is 5.56 Å². The van der Waals surface area contributed by atoms with Gasteiger partial charge in [-0.1, -0.05) is 22.0 Å². The van der Waals surface area contributed by atoms with Crippen molar-refractivity contribution >= 4 is 21.6 Å². The van der Waals surface area contributed by atoms with Gasteiger partial charge in [0, 0.05) is 11.4 Å². The lowest BCUT2D eigenvalue weighted by Gasteiger charge is -2.10. The van der Waals surface area contributed by atoms with Crippen LogP contribution in [0.15, 0.2) is 18.2 Å². The molecular weight excluding hydrogens is 307 g/mol. The van der Waals surface area contributed by atoms with E-state index in [4.69, 9.17) is 0 Å². The number of nitro benzene ring substituents is 1. The molecule has 1 rings (SSSR count). The van der Waals surface area contributed by atoms with Gasteiger partial charge in [0.05, 0.1) is 4.92 Å². The zero-order valence-corrected chi connectivity index (χ0v) is 9.92. The van der Waals surface area contributed by atoms with Gasteiger partial charge in [-0.2, -0.15) is 13.2 Å². The molecule has 4 nitrogen and oxygen atoms in total. The molecule has 0 aliphatic carbocycles. The van der Waals surface area contributed by atoms with E-state index >= 15 is 0 Å². The highest BCUT2D eigenvalue weighted by atomic mass is 79.9. The van der Waals surface area contributed by atoms with Crippen molar-refractivity contribution in [2.45, 2.75) is 11.5 Å². The molecule has 0 N–H and O–H groups in total. The fourth-order valence-corrected chi connectivity index (χ4v) is 1.42. The van der Waals surface area contributed by atoms with E-state index in [0.29, 0.717) is 10.9 Å². The maximum absolute atomic E-state index is 12.0. The molecule has 0 aliphatic rings. The van der Waals surface area contributed by atoms with Gasteiger partial charge in [0.15, 0.2) is 12.4 Å². The summed E-state index contributed by atoms with van der Waals surface area (Å²) >= 11 is 3.10. The SMILES string of the molecule is O=[N+]([O-])c1ccc(CBr)cc1OCC(F)(F)F. The number of hydrogen-bond acceptors (Lipinski definition) is 3. The third-order valence-electron chi connectivity index (χ3n) is 1.77. The van der Waals surface area contributed by atoms with Gasteiger partial charge >= 0.3 is 11.9 Å². The Labute approximate surface area is 103 Å². The predicted octanol–water partition coefficient (Wildman–Crippen LogP) is 3.43. The highest BCUT2D eigenvalue weighted by molar-refractivity contribution is 9.08. The summed E-state index contributed by atoms with van der Waals surface area (Å²) in [4.78, 5) is 9.79. The summed E-state index contributed by atoms with van der Waals surface area (Å²) in [5, 5.41) is 10.9. The number of hydrogen-bond donors (Lipinski definition) is 0. The average Bonchev–Trinajstić information content (AvgIpc) is 2.24. The molecule has 0 fully saturated rings. The van der Waals surface area contributed by atoms with Gasteiger partial charge in [0.1, 0.15) is 0 Å². The Balaban J connectivity index is 2.97. The third-order valence-corrected chi connectivity index (χ3v) is 2.41. The lowest BCUT2D eigenvalue weighted by molar-refractivity contribution is -0.386. The Bertz CT molecular complexity index is 422. The first-order chi connectivity index (χ1) is 7.83. The molecule has 0 aliphatic heterocycles. The van der Waals surface area contributed by atoms with E-state index in [0.717, 1.165) is 6.07 Å². The molecule has 0 atom stereocenters. The summed E-state index contributed by atoms with van der Waals surface area (Å²) in [5.41, 5.74) is 0.103. The number of halogens is 4. The van der Waals surface area contributed by atoms with Crippen LogP contribution in [0.25, 0.3) is 0 Å². The smallest absolute Gasteiger partial charge is 0.422 e. The topological polar surface area (TPSA) is 52.4 Å². The normalized spacial score (nSPS) is 11.3. The Kier molecular flexibility index (Phi) is 4.33. The lowest BCUT2D eigenvalue weighted by atomic mass is 10.2. The van der Waals surface area contributed by atoms with Gasteiger partial charge in [-0.3, -0.25) is 10.1 Å². The summed E-state index contributed by atoms with van der Waals surface area (Å²) < 4.78 is 40.3. The van der Waals surface area contributed by atoms with Crippen LogP contribution in [0.4, 0.5) is 18.9 Å². The van der Waals surface area contributed by atoms with E-state index in [-0.39, 0.29) is 5.75 Å². The van der Waals surface area contributed by atoms with Gasteiger partial charge in [-0.25, -0.2) is 0 Å². The predicted molar refractivity (Wildman–Crippen MR) is 57.3 cm³/mol. The number of nitrogens with zero attached hydrogens (tertiary/aromatic N) is 1.